The minimum absolute atomic E-state index is 0.0737. The van der Waals surface area contributed by atoms with E-state index in [4.69, 9.17) is 10.5 Å². The van der Waals surface area contributed by atoms with Crippen LogP contribution in [0, 0.1) is 6.92 Å². The van der Waals surface area contributed by atoms with Gasteiger partial charge in [-0.05, 0) is 31.9 Å². The molecule has 0 saturated carbocycles. The van der Waals surface area contributed by atoms with Crippen molar-refractivity contribution in [3.8, 4) is 0 Å². The Labute approximate surface area is 114 Å². The van der Waals surface area contributed by atoms with E-state index in [1.807, 2.05) is 4.90 Å². The van der Waals surface area contributed by atoms with Gasteiger partial charge in [-0.3, -0.25) is 4.79 Å². The molecule has 0 aliphatic carbocycles. The van der Waals surface area contributed by atoms with Crippen molar-refractivity contribution in [1.29, 1.82) is 0 Å². The number of morpholine rings is 1. The summed E-state index contributed by atoms with van der Waals surface area (Å²) < 4.78 is 5.53. The smallest absolute Gasteiger partial charge is 0.248 e. The lowest BCUT2D eigenvalue weighted by molar-refractivity contribution is -0.150. The first-order chi connectivity index (χ1) is 9.19. The molecule has 1 aromatic rings. The highest BCUT2D eigenvalue weighted by atomic mass is 16.5. The van der Waals surface area contributed by atoms with Crippen LogP contribution in [0.1, 0.15) is 24.0 Å². The van der Waals surface area contributed by atoms with Crippen molar-refractivity contribution in [2.45, 2.75) is 32.4 Å². The number of carbonyl (C=O) groups is 1. The van der Waals surface area contributed by atoms with E-state index in [-0.39, 0.29) is 18.6 Å². The molecule has 104 valence electrons. The minimum Gasteiger partial charge on any atom is -0.367 e. The zero-order valence-corrected chi connectivity index (χ0v) is 11.5. The lowest BCUT2D eigenvalue weighted by Crippen LogP contribution is -2.46. The first-order valence-electron chi connectivity index (χ1n) is 6.84. The van der Waals surface area contributed by atoms with Gasteiger partial charge in [0.15, 0.2) is 0 Å². The molecule has 1 saturated heterocycles. The molecular weight excluding hydrogens is 240 g/mol. The number of carbonyl (C=O) groups excluding carboxylic acids is 1. The van der Waals surface area contributed by atoms with Gasteiger partial charge in [0, 0.05) is 13.1 Å². The van der Waals surface area contributed by atoms with Crippen LogP contribution in [-0.2, 0) is 16.1 Å². The Morgan fingerprint density at radius 2 is 2.11 bits per heavy atom. The Bertz CT molecular complexity index is 417. The van der Waals surface area contributed by atoms with Crippen molar-refractivity contribution in [3.05, 3.63) is 35.4 Å². The van der Waals surface area contributed by atoms with E-state index < -0.39 is 0 Å². The predicted molar refractivity (Wildman–Crippen MR) is 74.6 cm³/mol. The van der Waals surface area contributed by atoms with E-state index in [9.17, 15) is 4.79 Å². The van der Waals surface area contributed by atoms with Crippen molar-refractivity contribution in [2.75, 3.05) is 19.7 Å². The number of amides is 1. The number of ether oxygens (including phenoxy) is 1. The summed E-state index contributed by atoms with van der Waals surface area (Å²) in [5, 5.41) is 0. The fourth-order valence-electron chi connectivity index (χ4n) is 2.27. The molecule has 1 amide bonds. The predicted octanol–water partition coefficient (Wildman–Crippen LogP) is 1.46. The largest absolute Gasteiger partial charge is 0.367 e. The number of aryl methyl sites for hydroxylation is 1. The van der Waals surface area contributed by atoms with Crippen LogP contribution < -0.4 is 5.73 Å². The molecule has 4 heteroatoms. The monoisotopic (exact) mass is 262 g/mol. The first-order valence-corrected chi connectivity index (χ1v) is 6.84. The second-order valence-electron chi connectivity index (χ2n) is 5.12. The summed E-state index contributed by atoms with van der Waals surface area (Å²) >= 11 is 0. The van der Waals surface area contributed by atoms with Gasteiger partial charge < -0.3 is 15.4 Å². The Balaban J connectivity index is 1.93. The van der Waals surface area contributed by atoms with E-state index in [0.29, 0.717) is 19.6 Å². The summed E-state index contributed by atoms with van der Waals surface area (Å²) in [4.78, 5) is 13.7. The van der Waals surface area contributed by atoms with Crippen LogP contribution >= 0.6 is 0 Å². The van der Waals surface area contributed by atoms with Crippen LogP contribution in [0.15, 0.2) is 24.3 Å². The van der Waals surface area contributed by atoms with Crippen molar-refractivity contribution in [1.82, 2.24) is 4.90 Å². The normalized spacial score (nSPS) is 19.8. The van der Waals surface area contributed by atoms with Gasteiger partial charge >= 0.3 is 0 Å². The Hall–Kier alpha value is -1.39. The third kappa shape index (κ3) is 4.04. The van der Waals surface area contributed by atoms with Gasteiger partial charge in [-0.1, -0.05) is 29.8 Å². The number of hydrogen-bond acceptors (Lipinski definition) is 3. The second-order valence-corrected chi connectivity index (χ2v) is 5.12. The van der Waals surface area contributed by atoms with Crippen LogP contribution in [0.4, 0.5) is 0 Å². The fourth-order valence-corrected chi connectivity index (χ4v) is 2.27. The number of benzene rings is 1. The first kappa shape index (κ1) is 14.0. The van der Waals surface area contributed by atoms with Crippen molar-refractivity contribution in [3.63, 3.8) is 0 Å². The molecule has 1 aliphatic heterocycles. The molecular formula is C15H22N2O2. The number of nitrogens with two attached hydrogens (primary N) is 1. The van der Waals surface area contributed by atoms with Crippen molar-refractivity contribution < 1.29 is 9.53 Å². The zero-order valence-electron chi connectivity index (χ0n) is 11.5. The van der Waals surface area contributed by atoms with E-state index in [2.05, 4.69) is 31.2 Å². The fraction of sp³-hybridized carbons (Fsp3) is 0.533. The summed E-state index contributed by atoms with van der Waals surface area (Å²) in [7, 11) is 0. The lowest BCUT2D eigenvalue weighted by atomic mass is 10.1. The van der Waals surface area contributed by atoms with Gasteiger partial charge in [-0.2, -0.15) is 0 Å². The second kappa shape index (κ2) is 6.68. The quantitative estimate of drug-likeness (QED) is 0.874. The molecule has 1 aliphatic rings. The molecule has 0 radical (unpaired) electrons. The molecule has 2 rings (SSSR count). The Kier molecular flexibility index (Phi) is 4.93. The summed E-state index contributed by atoms with van der Waals surface area (Å²) in [6, 6.07) is 8.30. The Morgan fingerprint density at radius 1 is 1.37 bits per heavy atom. The highest BCUT2D eigenvalue weighted by Crippen LogP contribution is 2.15. The molecule has 1 aromatic carbocycles. The maximum absolute atomic E-state index is 11.9. The molecule has 0 bridgehead atoms. The van der Waals surface area contributed by atoms with Crippen LogP contribution in [0.25, 0.3) is 0 Å². The third-order valence-corrected chi connectivity index (χ3v) is 3.44. The van der Waals surface area contributed by atoms with Crippen molar-refractivity contribution >= 4 is 5.91 Å². The average Bonchev–Trinajstić information content (AvgIpc) is 2.42. The van der Waals surface area contributed by atoms with Crippen LogP contribution in [-0.4, -0.2) is 36.6 Å². The minimum atomic E-state index is 0.0737. The maximum Gasteiger partial charge on any atom is 0.248 e. The van der Waals surface area contributed by atoms with Gasteiger partial charge in [0.05, 0.1) is 6.10 Å². The molecule has 0 spiro atoms. The van der Waals surface area contributed by atoms with E-state index >= 15 is 0 Å². The molecule has 19 heavy (non-hydrogen) atoms. The topological polar surface area (TPSA) is 55.6 Å². The standard InChI is InChI=1S/C15H22N2O2/c1-12-4-6-13(7-5-12)9-17-10-14(3-2-8-16)19-11-15(17)18/h4-7,14H,2-3,8-11,16H2,1H3. The van der Waals surface area contributed by atoms with Gasteiger partial charge in [-0.25, -0.2) is 0 Å². The molecule has 4 nitrogen and oxygen atoms in total. The molecule has 1 heterocycles. The zero-order chi connectivity index (χ0) is 13.7. The third-order valence-electron chi connectivity index (χ3n) is 3.44. The van der Waals surface area contributed by atoms with E-state index in [1.54, 1.807) is 0 Å². The van der Waals surface area contributed by atoms with Crippen molar-refractivity contribution in [2.24, 2.45) is 5.73 Å². The summed E-state index contributed by atoms with van der Waals surface area (Å²) in [5.74, 6) is 0.0737. The van der Waals surface area contributed by atoms with Gasteiger partial charge in [-0.15, -0.1) is 0 Å². The Morgan fingerprint density at radius 3 is 2.79 bits per heavy atom. The molecule has 2 N–H and O–H groups in total. The molecule has 1 fully saturated rings. The summed E-state index contributed by atoms with van der Waals surface area (Å²) in [6.07, 6.45) is 2.00. The highest BCUT2D eigenvalue weighted by Gasteiger charge is 2.25. The van der Waals surface area contributed by atoms with Gasteiger partial charge in [0.2, 0.25) is 5.91 Å². The SMILES string of the molecule is Cc1ccc(CN2CC(CCCN)OCC2=O)cc1. The highest BCUT2D eigenvalue weighted by molar-refractivity contribution is 5.78. The lowest BCUT2D eigenvalue weighted by Gasteiger charge is -2.33. The molecule has 1 atom stereocenters. The summed E-state index contributed by atoms with van der Waals surface area (Å²) in [6.45, 7) is 4.27. The van der Waals surface area contributed by atoms with Crippen LogP contribution in [0.5, 0.6) is 0 Å². The van der Waals surface area contributed by atoms with E-state index in [1.165, 1.54) is 11.1 Å². The van der Waals surface area contributed by atoms with E-state index in [0.717, 1.165) is 12.8 Å². The number of rotatable bonds is 5. The molecule has 1 unspecified atom stereocenters. The van der Waals surface area contributed by atoms with Gasteiger partial charge in [0.1, 0.15) is 6.61 Å². The number of hydrogen-bond donors (Lipinski definition) is 1. The van der Waals surface area contributed by atoms with Crippen LogP contribution in [0.2, 0.25) is 0 Å². The van der Waals surface area contributed by atoms with Gasteiger partial charge in [0.25, 0.3) is 0 Å². The number of nitrogens with zero attached hydrogens (tertiary/aromatic N) is 1. The summed E-state index contributed by atoms with van der Waals surface area (Å²) in [5.41, 5.74) is 7.91. The maximum atomic E-state index is 11.9. The molecule has 0 aromatic heterocycles. The average molecular weight is 262 g/mol. The van der Waals surface area contributed by atoms with Crippen LogP contribution in [0.3, 0.4) is 0 Å².